The van der Waals surface area contributed by atoms with Gasteiger partial charge < -0.3 is 38.1 Å². The van der Waals surface area contributed by atoms with Crippen LogP contribution in [0.5, 0.6) is 5.75 Å². The van der Waals surface area contributed by atoms with Gasteiger partial charge in [-0.3, -0.25) is 0 Å². The Morgan fingerprint density at radius 1 is 1.00 bits per heavy atom. The van der Waals surface area contributed by atoms with Crippen LogP contribution in [0, 0.1) is 5.92 Å². The summed E-state index contributed by atoms with van der Waals surface area (Å²) >= 11 is 5.71. The quantitative estimate of drug-likeness (QED) is 0.196. The third-order valence-corrected chi connectivity index (χ3v) is 19.7. The number of ether oxygens (including phenoxy) is 2. The molecule has 0 spiro atoms. The van der Waals surface area contributed by atoms with Crippen molar-refractivity contribution in [1.29, 1.82) is 0 Å². The van der Waals surface area contributed by atoms with Crippen molar-refractivity contribution in [3.63, 3.8) is 0 Å². The first kappa shape index (κ1) is 33.7. The second-order valence-corrected chi connectivity index (χ2v) is 22.6. The van der Waals surface area contributed by atoms with Gasteiger partial charge in [-0.25, -0.2) is 4.98 Å². The van der Waals surface area contributed by atoms with Crippen molar-refractivity contribution in [2.24, 2.45) is 5.92 Å². The van der Waals surface area contributed by atoms with Gasteiger partial charge in [0.05, 0.1) is 18.5 Å². The van der Waals surface area contributed by atoms with E-state index in [2.05, 4.69) is 75.7 Å². The number of anilines is 2. The predicted octanol–water partition coefficient (Wildman–Crippen LogP) is 6.72. The molecular weight excluding hydrogens is 625 g/mol. The highest BCUT2D eigenvalue weighted by Crippen LogP contribution is 2.51. The number of para-hydroxylation sites is 1. The summed E-state index contributed by atoms with van der Waals surface area (Å²) in [5.41, 5.74) is 8.20. The summed E-state index contributed by atoms with van der Waals surface area (Å²) < 4.78 is 36.7. The summed E-state index contributed by atoms with van der Waals surface area (Å²) in [6.07, 6.45) is 1.54. The molecule has 0 amide bonds. The fourth-order valence-electron chi connectivity index (χ4n) is 7.04. The molecule has 1 aliphatic heterocycles. The number of rotatable bonds is 8. The van der Waals surface area contributed by atoms with Crippen LogP contribution in [0.1, 0.15) is 67.9 Å². The number of aromatic nitrogens is 4. The van der Waals surface area contributed by atoms with Crippen LogP contribution < -0.4 is 15.8 Å². The Kier molecular flexibility index (Phi) is 9.92. The van der Waals surface area contributed by atoms with Crippen LogP contribution in [-0.2, 0) is 17.7 Å². The summed E-state index contributed by atoms with van der Waals surface area (Å²) in [5, 5.41) is 3.11. The molecule has 0 bridgehead atoms. The van der Waals surface area contributed by atoms with Crippen LogP contribution in [0.3, 0.4) is 0 Å². The van der Waals surface area contributed by atoms with Crippen molar-refractivity contribution >= 4 is 57.5 Å². The minimum absolute atomic E-state index is 0.00224. The van der Waals surface area contributed by atoms with Crippen LogP contribution in [0.4, 0.5) is 11.8 Å². The molecule has 1 saturated heterocycles. The lowest BCUT2D eigenvalue weighted by Gasteiger charge is -2.51. The molecule has 14 heteroatoms. The molecule has 0 radical (unpaired) electrons. The minimum atomic E-state index is -2.93. The molecule has 2 aromatic heterocycles. The van der Waals surface area contributed by atoms with E-state index in [9.17, 15) is 0 Å². The van der Waals surface area contributed by atoms with Crippen molar-refractivity contribution in [3.05, 3.63) is 36.7 Å². The van der Waals surface area contributed by atoms with Crippen LogP contribution in [-0.4, -0.2) is 67.7 Å². The topological polar surface area (TPSA) is 128 Å². The van der Waals surface area contributed by atoms with Crippen LogP contribution in [0.2, 0.25) is 22.2 Å². The number of nitrogens with one attached hydrogen (secondary N) is 1. The second-order valence-electron chi connectivity index (χ2n) is 13.4. The monoisotopic (exact) mass is 672 g/mol. The molecule has 45 heavy (non-hydrogen) atoms. The maximum Gasteiger partial charge on any atom is 0.358 e. The van der Waals surface area contributed by atoms with Crippen LogP contribution in [0.25, 0.3) is 11.2 Å². The third-order valence-electron chi connectivity index (χ3n) is 9.30. The molecule has 4 atom stereocenters. The first-order valence-electron chi connectivity index (χ1n) is 16.0. The van der Waals surface area contributed by atoms with E-state index >= 15 is 0 Å². The molecular formula is C31H48N6O5SSi2. The van der Waals surface area contributed by atoms with E-state index in [1.807, 2.05) is 34.9 Å². The Balaban J connectivity index is 1.62. The van der Waals surface area contributed by atoms with Gasteiger partial charge in [-0.15, -0.1) is 0 Å². The zero-order valence-corrected chi connectivity index (χ0v) is 30.6. The maximum atomic E-state index is 7.48. The number of nitrogens with zero attached hydrogens (tertiary/aromatic N) is 4. The molecule has 5 rings (SSSR count). The second kappa shape index (κ2) is 13.2. The van der Waals surface area contributed by atoms with Gasteiger partial charge >= 0.3 is 22.4 Å². The highest BCUT2D eigenvalue weighted by molar-refractivity contribution is 7.79. The zero-order valence-electron chi connectivity index (χ0n) is 27.8. The summed E-state index contributed by atoms with van der Waals surface area (Å²) in [6, 6.07) is 9.14. The van der Waals surface area contributed by atoms with Crippen LogP contribution in [0.15, 0.2) is 36.7 Å². The van der Waals surface area contributed by atoms with E-state index < -0.39 is 23.2 Å². The summed E-state index contributed by atoms with van der Waals surface area (Å²) in [4.78, 5) is 13.6. The van der Waals surface area contributed by atoms with Gasteiger partial charge in [0, 0.05) is 31.8 Å². The van der Waals surface area contributed by atoms with E-state index in [0.29, 0.717) is 35.8 Å². The van der Waals surface area contributed by atoms with Crippen molar-refractivity contribution < 1.29 is 22.4 Å². The zero-order chi connectivity index (χ0) is 32.7. The Morgan fingerprint density at radius 3 is 2.24 bits per heavy atom. The average molecular weight is 673 g/mol. The highest BCUT2D eigenvalue weighted by Gasteiger charge is 2.62. The minimum Gasteiger partial charge on any atom is -0.448 e. The molecule has 3 N–H and O–H groups in total. The Labute approximate surface area is 274 Å². The van der Waals surface area contributed by atoms with Gasteiger partial charge in [-0.1, -0.05) is 73.6 Å². The molecule has 246 valence electrons. The summed E-state index contributed by atoms with van der Waals surface area (Å²) in [7, 11) is -3.86. The smallest absolute Gasteiger partial charge is 0.358 e. The Bertz CT molecular complexity index is 1470. The van der Waals surface area contributed by atoms with E-state index in [4.69, 9.17) is 40.4 Å². The summed E-state index contributed by atoms with van der Waals surface area (Å²) in [6.45, 7) is 18.3. The molecule has 3 aromatic rings. The SMILES string of the molecule is CNc1nc(N)nc2c1ncn2[C@@H]1CC2CO[Si](C(C)C)(C(C)C)O[Si](C(C)C)(C(C)C)O[C@H]2[C@H]1OC(=S)Oc1ccccc1. The number of nitrogen functional groups attached to an aromatic ring is 1. The Hall–Kier alpha value is -2.63. The number of hydrogen-bond acceptors (Lipinski definition) is 11. The molecule has 2 fully saturated rings. The predicted molar refractivity (Wildman–Crippen MR) is 185 cm³/mol. The highest BCUT2D eigenvalue weighted by atomic mass is 32.1. The lowest BCUT2D eigenvalue weighted by atomic mass is 10.1. The van der Waals surface area contributed by atoms with Gasteiger partial charge in [0.2, 0.25) is 5.95 Å². The van der Waals surface area contributed by atoms with E-state index in [1.54, 1.807) is 13.4 Å². The van der Waals surface area contributed by atoms with Crippen molar-refractivity contribution in [2.75, 3.05) is 24.7 Å². The fourth-order valence-corrected chi connectivity index (χ4v) is 18.5. The van der Waals surface area contributed by atoms with Crippen molar-refractivity contribution in [1.82, 2.24) is 19.5 Å². The molecule has 11 nitrogen and oxygen atoms in total. The third kappa shape index (κ3) is 6.24. The Morgan fingerprint density at radius 2 is 1.64 bits per heavy atom. The van der Waals surface area contributed by atoms with E-state index in [-0.39, 0.29) is 51.4 Å². The average Bonchev–Trinajstić information content (AvgIpc) is 3.53. The number of hydrogen-bond donors (Lipinski definition) is 2. The van der Waals surface area contributed by atoms with Gasteiger partial charge in [0.1, 0.15) is 11.9 Å². The van der Waals surface area contributed by atoms with E-state index in [1.165, 1.54) is 0 Å². The van der Waals surface area contributed by atoms with Gasteiger partial charge in [-0.2, -0.15) is 9.97 Å². The normalized spacial score (nSPS) is 24.6. The molecule has 2 aliphatic rings. The molecule has 1 aromatic carbocycles. The lowest BCUT2D eigenvalue weighted by molar-refractivity contribution is -0.0235. The number of thiocarbonyl (C=S) groups is 1. The number of nitrogens with two attached hydrogens (primary N) is 1. The number of imidazole rings is 1. The van der Waals surface area contributed by atoms with Crippen molar-refractivity contribution in [2.45, 2.75) is 102 Å². The molecule has 3 heterocycles. The molecule has 1 aliphatic carbocycles. The standard InChI is InChI=1S/C31H48N6O5SSi2/c1-18(2)44(19(3)4)38-16-22-15-24(37-17-34-25-28(33-9)35-30(32)36-29(25)37)27(40-31(43)39-23-13-11-10-12-14-23)26(22)41-45(42-44,20(5)6)21(7)8/h10-14,17-22,24,26-27H,15-16H2,1-9H3,(H3,32,33,35,36)/t22?,24-,26-,27+/m1/s1. The lowest BCUT2D eigenvalue weighted by Crippen LogP contribution is -2.65. The van der Waals surface area contributed by atoms with Gasteiger partial charge in [0.25, 0.3) is 0 Å². The van der Waals surface area contributed by atoms with Crippen LogP contribution >= 0.6 is 12.2 Å². The summed E-state index contributed by atoms with van der Waals surface area (Å²) in [5.74, 6) is 1.31. The number of fused-ring (bicyclic) bond motifs is 2. The van der Waals surface area contributed by atoms with E-state index in [0.717, 1.165) is 0 Å². The fraction of sp³-hybridized carbons (Fsp3) is 0.613. The first-order chi connectivity index (χ1) is 21.3. The van der Waals surface area contributed by atoms with Crippen molar-refractivity contribution in [3.8, 4) is 5.75 Å². The largest absolute Gasteiger partial charge is 0.448 e. The number of benzene rings is 1. The molecule has 1 unspecified atom stereocenters. The van der Waals surface area contributed by atoms with Gasteiger partial charge in [-0.05, 0) is 40.7 Å². The maximum absolute atomic E-state index is 7.48. The molecule has 1 saturated carbocycles. The van der Waals surface area contributed by atoms with Gasteiger partial charge in [0.15, 0.2) is 17.0 Å². The first-order valence-corrected chi connectivity index (χ1v) is 20.3.